The highest BCUT2D eigenvalue weighted by molar-refractivity contribution is 6.34. The fourth-order valence-corrected chi connectivity index (χ4v) is 5.50. The zero-order chi connectivity index (χ0) is 25.4. The van der Waals surface area contributed by atoms with Crippen LogP contribution in [-0.4, -0.2) is 76.1 Å². The van der Waals surface area contributed by atoms with Crippen LogP contribution in [0.4, 0.5) is 5.69 Å². The van der Waals surface area contributed by atoms with Gasteiger partial charge in [-0.3, -0.25) is 9.69 Å². The summed E-state index contributed by atoms with van der Waals surface area (Å²) >= 11 is 12.9. The van der Waals surface area contributed by atoms with Crippen LogP contribution in [-0.2, 0) is 0 Å². The van der Waals surface area contributed by atoms with Gasteiger partial charge in [-0.2, -0.15) is 0 Å². The van der Waals surface area contributed by atoms with Crippen molar-refractivity contribution in [1.29, 1.82) is 0 Å². The number of ether oxygens (including phenoxy) is 1. The molecule has 9 nitrogen and oxygen atoms in total. The minimum absolute atomic E-state index is 0.0178. The molecular formula is C25H26Cl2N4O5. The number of aromatic nitrogens is 2. The van der Waals surface area contributed by atoms with Crippen molar-refractivity contribution in [2.45, 2.75) is 24.9 Å². The second-order valence-corrected chi connectivity index (χ2v) is 9.95. The number of pyridine rings is 2. The monoisotopic (exact) mass is 532 g/mol. The van der Waals surface area contributed by atoms with Crippen molar-refractivity contribution in [1.82, 2.24) is 14.5 Å². The number of nitrogens with zero attached hydrogens (tertiary/aromatic N) is 4. The van der Waals surface area contributed by atoms with Gasteiger partial charge in [0, 0.05) is 44.0 Å². The van der Waals surface area contributed by atoms with Gasteiger partial charge in [-0.15, -0.1) is 0 Å². The number of β-amino-alcohol motifs (C(OH)–C–C–N with tert-alkyl or cyclic N) is 1. The average Bonchev–Trinajstić information content (AvgIpc) is 3.29. The Bertz CT molecular complexity index is 1360. The Morgan fingerprint density at radius 3 is 2.75 bits per heavy atom. The molecule has 5 rings (SSSR count). The molecule has 0 spiro atoms. The van der Waals surface area contributed by atoms with Gasteiger partial charge in [0.2, 0.25) is 11.3 Å². The number of aromatic carboxylic acids is 1. The molecule has 11 heteroatoms. The summed E-state index contributed by atoms with van der Waals surface area (Å²) in [5.41, 5.74) is 0.564. The summed E-state index contributed by atoms with van der Waals surface area (Å²) in [4.78, 5) is 33.2. The maximum atomic E-state index is 13.0. The van der Waals surface area contributed by atoms with Crippen molar-refractivity contribution in [2.24, 2.45) is 0 Å². The molecule has 190 valence electrons. The first-order chi connectivity index (χ1) is 17.4. The van der Waals surface area contributed by atoms with Crippen LogP contribution in [0.15, 0.2) is 41.5 Å². The zero-order valence-electron chi connectivity index (χ0n) is 19.4. The molecule has 2 aliphatic rings. The van der Waals surface area contributed by atoms with Crippen molar-refractivity contribution in [3.63, 3.8) is 0 Å². The third kappa shape index (κ3) is 4.64. The molecule has 0 amide bonds. The third-order valence-electron chi connectivity index (χ3n) is 6.90. The normalized spacial score (nSPS) is 18.5. The smallest absolute Gasteiger partial charge is 0.341 e. The first-order valence-corrected chi connectivity index (χ1v) is 12.6. The first-order valence-electron chi connectivity index (χ1n) is 11.8. The lowest BCUT2D eigenvalue weighted by atomic mass is 10.0. The van der Waals surface area contributed by atoms with Crippen LogP contribution in [0.5, 0.6) is 5.88 Å². The molecule has 3 aromatic rings. The van der Waals surface area contributed by atoms with Crippen LogP contribution in [0.25, 0.3) is 10.9 Å². The van der Waals surface area contributed by atoms with Gasteiger partial charge >= 0.3 is 5.97 Å². The van der Waals surface area contributed by atoms with E-state index < -0.39 is 11.4 Å². The molecule has 0 unspecified atom stereocenters. The summed E-state index contributed by atoms with van der Waals surface area (Å²) in [5.74, 6) is -0.893. The fourth-order valence-electron chi connectivity index (χ4n) is 5.05. The van der Waals surface area contributed by atoms with Gasteiger partial charge in [-0.05, 0) is 37.1 Å². The number of rotatable bonds is 8. The minimum atomic E-state index is -1.27. The molecule has 2 aromatic heterocycles. The molecule has 0 saturated carbocycles. The Morgan fingerprint density at radius 1 is 1.22 bits per heavy atom. The van der Waals surface area contributed by atoms with Crippen LogP contribution in [0, 0.1) is 0 Å². The highest BCUT2D eigenvalue weighted by Gasteiger charge is 2.32. The Hall–Kier alpha value is -2.85. The number of benzene rings is 1. The Labute approximate surface area is 217 Å². The predicted molar refractivity (Wildman–Crippen MR) is 138 cm³/mol. The molecule has 4 heterocycles. The molecule has 1 aromatic carbocycles. The van der Waals surface area contributed by atoms with Crippen molar-refractivity contribution >= 4 is 45.8 Å². The molecule has 0 aliphatic carbocycles. The van der Waals surface area contributed by atoms with Gasteiger partial charge in [-0.1, -0.05) is 23.2 Å². The molecular weight excluding hydrogens is 507 g/mol. The molecule has 1 atom stereocenters. The lowest BCUT2D eigenvalue weighted by molar-refractivity contribution is 0.0690. The standard InChI is InChI=1S/C25H26Cl2N4O5/c26-19-4-1-5-28-24(19)36-14-15-3-2-6-30(15)22-10-21-17(9-20(22)27)23(33)18(25(34)35)13-31(21)16-11-29(12-16)7-8-32/h1,4-5,9-10,13,15-16,32H,2-3,6-8,11-12,14H2,(H,34,35)/t15-/m1/s1. The van der Waals surface area contributed by atoms with Crippen molar-refractivity contribution in [3.05, 3.63) is 62.5 Å². The molecule has 0 bridgehead atoms. The SMILES string of the molecule is O=C(O)c1cn(C2CN(CCO)C2)c2cc(N3CCC[C@@H]3COc3ncccc3Cl)c(Cl)cc2c1=O. The van der Waals surface area contributed by atoms with Crippen molar-refractivity contribution in [3.8, 4) is 5.88 Å². The number of carbonyl (C=O) groups is 1. The number of fused-ring (bicyclic) bond motifs is 1. The van der Waals surface area contributed by atoms with E-state index in [1.807, 2.05) is 10.6 Å². The van der Waals surface area contributed by atoms with Gasteiger partial charge in [0.1, 0.15) is 17.2 Å². The van der Waals surface area contributed by atoms with Crippen LogP contribution in [0.2, 0.25) is 10.0 Å². The van der Waals surface area contributed by atoms with Crippen LogP contribution >= 0.6 is 23.2 Å². The molecule has 2 saturated heterocycles. The summed E-state index contributed by atoms with van der Waals surface area (Å²) in [6.07, 6.45) is 4.89. The summed E-state index contributed by atoms with van der Waals surface area (Å²) < 4.78 is 7.77. The van der Waals surface area contributed by atoms with E-state index in [4.69, 9.17) is 27.9 Å². The van der Waals surface area contributed by atoms with Crippen molar-refractivity contribution < 1.29 is 19.7 Å². The quantitative estimate of drug-likeness (QED) is 0.454. The molecule has 36 heavy (non-hydrogen) atoms. The maximum absolute atomic E-state index is 13.0. The molecule has 2 aliphatic heterocycles. The second-order valence-electron chi connectivity index (χ2n) is 9.13. The number of hydrogen-bond donors (Lipinski definition) is 2. The minimum Gasteiger partial charge on any atom is -0.477 e. The van der Waals surface area contributed by atoms with E-state index >= 15 is 0 Å². The van der Waals surface area contributed by atoms with Crippen LogP contribution < -0.4 is 15.1 Å². The largest absolute Gasteiger partial charge is 0.477 e. The number of carboxylic acid groups (broad SMARTS) is 1. The number of halogens is 2. The van der Waals surface area contributed by atoms with E-state index in [9.17, 15) is 19.8 Å². The lowest BCUT2D eigenvalue weighted by Gasteiger charge is -2.41. The molecule has 2 fully saturated rings. The Kier molecular flexibility index (Phi) is 7.07. The van der Waals surface area contributed by atoms with Crippen LogP contribution in [0.1, 0.15) is 29.2 Å². The summed E-state index contributed by atoms with van der Waals surface area (Å²) in [7, 11) is 0. The maximum Gasteiger partial charge on any atom is 0.341 e. The number of aliphatic hydroxyl groups is 1. The predicted octanol–water partition coefficient (Wildman–Crippen LogP) is 3.30. The number of carboxylic acids is 1. The fraction of sp³-hybridized carbons (Fsp3) is 0.400. The Balaban J connectivity index is 1.50. The topological polar surface area (TPSA) is 108 Å². The number of likely N-dealkylation sites (tertiary alicyclic amines) is 1. The zero-order valence-corrected chi connectivity index (χ0v) is 21.0. The summed E-state index contributed by atoms with van der Waals surface area (Å²) in [6.45, 7) is 3.04. The highest BCUT2D eigenvalue weighted by atomic mass is 35.5. The van der Waals surface area contributed by atoms with E-state index in [0.29, 0.717) is 47.7 Å². The lowest BCUT2D eigenvalue weighted by Crippen LogP contribution is -2.49. The van der Waals surface area contributed by atoms with E-state index in [2.05, 4.69) is 14.8 Å². The van der Waals surface area contributed by atoms with Gasteiger partial charge in [0.25, 0.3) is 0 Å². The van der Waals surface area contributed by atoms with E-state index in [0.717, 1.165) is 25.1 Å². The first kappa shape index (κ1) is 24.8. The number of anilines is 1. The van der Waals surface area contributed by atoms with Crippen LogP contribution in [0.3, 0.4) is 0 Å². The number of aliphatic hydroxyl groups excluding tert-OH is 1. The van der Waals surface area contributed by atoms with Gasteiger partial charge in [0.05, 0.1) is 34.9 Å². The van der Waals surface area contributed by atoms with E-state index in [1.165, 1.54) is 6.20 Å². The summed E-state index contributed by atoms with van der Waals surface area (Å²) in [6, 6.07) is 6.94. The van der Waals surface area contributed by atoms with E-state index in [1.54, 1.807) is 24.4 Å². The third-order valence-corrected chi connectivity index (χ3v) is 7.49. The van der Waals surface area contributed by atoms with Gasteiger partial charge in [-0.25, -0.2) is 9.78 Å². The van der Waals surface area contributed by atoms with E-state index in [-0.39, 0.29) is 29.6 Å². The number of hydrogen-bond acceptors (Lipinski definition) is 7. The average molecular weight is 533 g/mol. The molecule has 0 radical (unpaired) electrons. The highest BCUT2D eigenvalue weighted by Crippen LogP contribution is 2.36. The van der Waals surface area contributed by atoms with Gasteiger partial charge < -0.3 is 24.4 Å². The van der Waals surface area contributed by atoms with Crippen molar-refractivity contribution in [2.75, 3.05) is 44.3 Å². The second kappa shape index (κ2) is 10.3. The summed E-state index contributed by atoms with van der Waals surface area (Å²) in [5, 5.41) is 20.0. The molecule has 2 N–H and O–H groups in total. The van der Waals surface area contributed by atoms with Gasteiger partial charge in [0.15, 0.2) is 0 Å². The Morgan fingerprint density at radius 2 is 2.03 bits per heavy atom.